The Hall–Kier alpha value is -6.18. The first kappa shape index (κ1) is 31.4. The second-order valence-corrected chi connectivity index (χ2v) is 12.1. The third kappa shape index (κ3) is 6.93. The highest BCUT2D eigenvalue weighted by molar-refractivity contribution is 5.90. The monoisotopic (exact) mass is 629 g/mol. The molecule has 0 spiro atoms. The summed E-state index contributed by atoms with van der Waals surface area (Å²) in [5.41, 5.74) is 15.2. The lowest BCUT2D eigenvalue weighted by Gasteiger charge is -2.29. The quantitative estimate of drug-likeness (QED) is 0.144. The van der Waals surface area contributed by atoms with E-state index in [4.69, 9.17) is 0 Å². The lowest BCUT2D eigenvalue weighted by Crippen LogP contribution is -2.11. The van der Waals surface area contributed by atoms with E-state index >= 15 is 0 Å². The molecule has 7 rings (SSSR count). The van der Waals surface area contributed by atoms with Crippen molar-refractivity contribution >= 4 is 22.6 Å². The van der Waals surface area contributed by atoms with Crippen molar-refractivity contribution in [2.75, 3.05) is 4.90 Å². The van der Waals surface area contributed by atoms with Crippen LogP contribution < -0.4 is 4.90 Å². The van der Waals surface area contributed by atoms with Gasteiger partial charge in [-0.1, -0.05) is 158 Å². The van der Waals surface area contributed by atoms with Gasteiger partial charge in [0.2, 0.25) is 0 Å². The van der Waals surface area contributed by atoms with E-state index in [1.807, 2.05) is 0 Å². The summed E-state index contributed by atoms with van der Waals surface area (Å²) < 4.78 is 0. The van der Waals surface area contributed by atoms with Gasteiger partial charge in [0.05, 0.1) is 5.69 Å². The fourth-order valence-electron chi connectivity index (χ4n) is 6.53. The maximum atomic E-state index is 2.40. The number of rotatable bonds is 9. The van der Waals surface area contributed by atoms with E-state index in [1.165, 1.54) is 55.6 Å². The third-order valence-electron chi connectivity index (χ3n) is 8.93. The fraction of sp³-hybridized carbons (Fsp3) is 0.0417. The summed E-state index contributed by atoms with van der Waals surface area (Å²) in [6, 6.07) is 65.4. The molecule has 236 valence electrons. The molecule has 0 aliphatic rings. The van der Waals surface area contributed by atoms with E-state index in [9.17, 15) is 0 Å². The second kappa shape index (κ2) is 14.7. The van der Waals surface area contributed by atoms with E-state index in [0.29, 0.717) is 0 Å². The molecule has 0 amide bonds. The van der Waals surface area contributed by atoms with Gasteiger partial charge in [-0.2, -0.15) is 0 Å². The highest BCUT2D eigenvalue weighted by Crippen LogP contribution is 2.43. The molecule has 49 heavy (non-hydrogen) atoms. The summed E-state index contributed by atoms with van der Waals surface area (Å²) in [6.07, 6.45) is 6.43. The van der Waals surface area contributed by atoms with Crippen LogP contribution in [0.5, 0.6) is 0 Å². The standard InChI is InChI=1S/C48H39N/c1-3-17-36(4-2)39-22-13-24-41(32-39)43-26-15-28-45(34-43)49(48-31-12-11-30-47(48)38-20-9-6-10-21-38)46-29-16-27-44(35-46)42-25-14-23-40(33-42)37-18-7-5-8-19-37/h3-35H,1-2H3/b17-3-,36-4+. The Morgan fingerprint density at radius 1 is 0.408 bits per heavy atom. The normalized spacial score (nSPS) is 11.5. The first-order valence-corrected chi connectivity index (χ1v) is 16.9. The average molecular weight is 630 g/mol. The minimum absolute atomic E-state index is 1.10. The van der Waals surface area contributed by atoms with E-state index < -0.39 is 0 Å². The molecule has 7 aromatic carbocycles. The molecule has 0 radical (unpaired) electrons. The van der Waals surface area contributed by atoms with Crippen LogP contribution in [-0.2, 0) is 0 Å². The van der Waals surface area contributed by atoms with Gasteiger partial charge in [-0.25, -0.2) is 0 Å². The topological polar surface area (TPSA) is 3.24 Å². The zero-order valence-electron chi connectivity index (χ0n) is 28.0. The number of benzene rings is 7. The summed E-state index contributed by atoms with van der Waals surface area (Å²) in [5, 5.41) is 0. The van der Waals surface area contributed by atoms with E-state index in [1.54, 1.807) is 0 Å². The molecule has 7 aromatic rings. The molecule has 0 aromatic heterocycles. The average Bonchev–Trinajstić information content (AvgIpc) is 3.18. The number of para-hydroxylation sites is 1. The number of hydrogen-bond acceptors (Lipinski definition) is 1. The van der Waals surface area contributed by atoms with Crippen LogP contribution in [0.4, 0.5) is 17.1 Å². The van der Waals surface area contributed by atoms with E-state index in [0.717, 1.165) is 17.1 Å². The first-order chi connectivity index (χ1) is 24.2. The van der Waals surface area contributed by atoms with Crippen LogP contribution in [0.1, 0.15) is 19.4 Å². The smallest absolute Gasteiger partial charge is 0.0540 e. The largest absolute Gasteiger partial charge is 0.310 e. The second-order valence-electron chi connectivity index (χ2n) is 12.1. The summed E-state index contributed by atoms with van der Waals surface area (Å²) in [4.78, 5) is 2.40. The van der Waals surface area contributed by atoms with Crippen molar-refractivity contribution in [3.05, 3.63) is 206 Å². The highest BCUT2D eigenvalue weighted by Gasteiger charge is 2.18. The van der Waals surface area contributed by atoms with Crippen LogP contribution in [0.3, 0.4) is 0 Å². The summed E-state index contributed by atoms with van der Waals surface area (Å²) in [6.45, 7) is 4.16. The minimum Gasteiger partial charge on any atom is -0.310 e. The molecule has 0 saturated heterocycles. The third-order valence-corrected chi connectivity index (χ3v) is 8.93. The molecule has 0 saturated carbocycles. The van der Waals surface area contributed by atoms with Gasteiger partial charge < -0.3 is 4.90 Å². The van der Waals surface area contributed by atoms with Crippen LogP contribution in [0.15, 0.2) is 200 Å². The summed E-state index contributed by atoms with van der Waals surface area (Å²) in [5.74, 6) is 0. The number of nitrogens with zero attached hydrogens (tertiary/aromatic N) is 1. The molecule has 1 heteroatoms. The molecule has 0 fully saturated rings. The minimum atomic E-state index is 1.10. The number of allylic oxidation sites excluding steroid dienone is 4. The fourth-order valence-corrected chi connectivity index (χ4v) is 6.53. The van der Waals surface area contributed by atoms with Gasteiger partial charge in [0, 0.05) is 16.9 Å². The van der Waals surface area contributed by atoms with Crippen molar-refractivity contribution in [3.63, 3.8) is 0 Å². The van der Waals surface area contributed by atoms with Crippen LogP contribution in [-0.4, -0.2) is 0 Å². The Bertz CT molecular complexity index is 2240. The Labute approximate surface area is 290 Å². The summed E-state index contributed by atoms with van der Waals surface area (Å²) >= 11 is 0. The molecule has 0 heterocycles. The van der Waals surface area contributed by atoms with Gasteiger partial charge in [-0.15, -0.1) is 0 Å². The van der Waals surface area contributed by atoms with E-state index in [2.05, 4.69) is 219 Å². The van der Waals surface area contributed by atoms with Crippen molar-refractivity contribution in [2.45, 2.75) is 13.8 Å². The Morgan fingerprint density at radius 3 is 1.49 bits per heavy atom. The van der Waals surface area contributed by atoms with Gasteiger partial charge in [-0.05, 0) is 106 Å². The Morgan fingerprint density at radius 2 is 0.878 bits per heavy atom. The van der Waals surface area contributed by atoms with Crippen molar-refractivity contribution in [1.82, 2.24) is 0 Å². The molecular weight excluding hydrogens is 591 g/mol. The molecule has 0 bridgehead atoms. The Kier molecular flexibility index (Phi) is 9.43. The SMILES string of the molecule is C/C=C\C(=C/C)c1cccc(-c2cccc(N(c3cccc(-c4cccc(-c5ccccc5)c4)c3)c3ccccc3-c3ccccc3)c2)c1. The van der Waals surface area contributed by atoms with Crippen LogP contribution in [0, 0.1) is 0 Å². The zero-order chi connectivity index (χ0) is 33.4. The predicted octanol–water partition coefficient (Wildman–Crippen LogP) is 13.8. The zero-order valence-corrected chi connectivity index (χ0v) is 28.0. The van der Waals surface area contributed by atoms with Gasteiger partial charge in [-0.3, -0.25) is 0 Å². The molecule has 1 nitrogen and oxygen atoms in total. The van der Waals surface area contributed by atoms with Gasteiger partial charge in [0.15, 0.2) is 0 Å². The summed E-state index contributed by atoms with van der Waals surface area (Å²) in [7, 11) is 0. The highest BCUT2D eigenvalue weighted by atomic mass is 15.1. The molecule has 0 atom stereocenters. The van der Waals surface area contributed by atoms with Crippen molar-refractivity contribution in [3.8, 4) is 44.5 Å². The van der Waals surface area contributed by atoms with Crippen LogP contribution in [0.25, 0.3) is 50.1 Å². The predicted molar refractivity (Wildman–Crippen MR) is 211 cm³/mol. The molecule has 0 aliphatic heterocycles. The van der Waals surface area contributed by atoms with Gasteiger partial charge in [0.25, 0.3) is 0 Å². The Balaban J connectivity index is 1.37. The maximum absolute atomic E-state index is 2.40. The number of anilines is 3. The van der Waals surface area contributed by atoms with Crippen molar-refractivity contribution in [1.29, 1.82) is 0 Å². The first-order valence-electron chi connectivity index (χ1n) is 16.9. The van der Waals surface area contributed by atoms with Crippen LogP contribution in [0.2, 0.25) is 0 Å². The van der Waals surface area contributed by atoms with Crippen molar-refractivity contribution in [2.24, 2.45) is 0 Å². The number of hydrogen-bond donors (Lipinski definition) is 0. The van der Waals surface area contributed by atoms with Gasteiger partial charge >= 0.3 is 0 Å². The molecule has 0 unspecified atom stereocenters. The van der Waals surface area contributed by atoms with E-state index in [-0.39, 0.29) is 0 Å². The maximum Gasteiger partial charge on any atom is 0.0540 e. The molecule has 0 aliphatic carbocycles. The molecule has 0 N–H and O–H groups in total. The van der Waals surface area contributed by atoms with Crippen LogP contribution >= 0.6 is 0 Å². The van der Waals surface area contributed by atoms with Crippen molar-refractivity contribution < 1.29 is 0 Å². The lowest BCUT2D eigenvalue weighted by atomic mass is 9.97. The lowest BCUT2D eigenvalue weighted by molar-refractivity contribution is 1.28. The van der Waals surface area contributed by atoms with Gasteiger partial charge in [0.1, 0.15) is 0 Å². The molecular formula is C48H39N.